The Morgan fingerprint density at radius 1 is 1.25 bits per heavy atom. The van der Waals surface area contributed by atoms with Crippen LogP contribution in [-0.2, 0) is 24.1 Å². The maximum absolute atomic E-state index is 12.8. The second-order valence-electron chi connectivity index (χ2n) is 4.56. The predicted molar refractivity (Wildman–Crippen MR) is 73.4 cm³/mol. The maximum Gasteiger partial charge on any atom is 0.327 e. The number of carbonyl (C=O) groups excluding carboxylic acids is 1. The summed E-state index contributed by atoms with van der Waals surface area (Å²) in [6.45, 7) is 0.420. The lowest BCUT2D eigenvalue weighted by Crippen LogP contribution is -2.51. The highest BCUT2D eigenvalue weighted by molar-refractivity contribution is 7.93. The molecule has 2 rings (SSSR count). The van der Waals surface area contributed by atoms with Gasteiger partial charge in [-0.3, -0.25) is 4.79 Å². The Kier molecular flexibility index (Phi) is 4.36. The summed E-state index contributed by atoms with van der Waals surface area (Å²) in [6, 6.07) is 5.77. The van der Waals surface area contributed by atoms with Crippen molar-refractivity contribution in [2.75, 3.05) is 20.3 Å². The largest absolute Gasteiger partial charge is 0.468 e. The second kappa shape index (κ2) is 5.71. The van der Waals surface area contributed by atoms with E-state index < -0.39 is 20.6 Å². The number of benzene rings is 1. The molecule has 1 heterocycles. The van der Waals surface area contributed by atoms with Crippen LogP contribution in [-0.4, -0.2) is 39.5 Å². The summed E-state index contributed by atoms with van der Waals surface area (Å²) < 4.78 is 34.0. The van der Waals surface area contributed by atoms with E-state index in [4.69, 9.17) is 21.1 Å². The van der Waals surface area contributed by atoms with Crippen LogP contribution in [0.15, 0.2) is 29.2 Å². The van der Waals surface area contributed by atoms with Crippen LogP contribution in [0.4, 0.5) is 0 Å². The molecule has 0 aliphatic carbocycles. The van der Waals surface area contributed by atoms with E-state index in [1.54, 1.807) is 0 Å². The van der Waals surface area contributed by atoms with Crippen LogP contribution in [0.2, 0.25) is 5.02 Å². The van der Waals surface area contributed by atoms with Gasteiger partial charge in [0.1, 0.15) is 0 Å². The lowest BCUT2D eigenvalue weighted by molar-refractivity contribution is -0.146. The number of sulfone groups is 1. The van der Waals surface area contributed by atoms with Crippen molar-refractivity contribution in [2.24, 2.45) is 0 Å². The van der Waals surface area contributed by atoms with E-state index in [9.17, 15) is 13.2 Å². The molecule has 1 fully saturated rings. The number of methoxy groups -OCH3 is 1. The highest BCUT2D eigenvalue weighted by Crippen LogP contribution is 2.36. The Labute approximate surface area is 122 Å². The quantitative estimate of drug-likeness (QED) is 0.795. The summed E-state index contributed by atoms with van der Waals surface area (Å²) >= 11 is 5.77. The van der Waals surface area contributed by atoms with Gasteiger partial charge in [-0.15, -0.1) is 0 Å². The van der Waals surface area contributed by atoms with Crippen molar-refractivity contribution in [1.82, 2.24) is 0 Å². The van der Waals surface area contributed by atoms with Gasteiger partial charge in [-0.1, -0.05) is 11.6 Å². The molecule has 0 aromatic heterocycles. The smallest absolute Gasteiger partial charge is 0.327 e. The Morgan fingerprint density at radius 3 is 2.30 bits per heavy atom. The van der Waals surface area contributed by atoms with E-state index >= 15 is 0 Å². The Balaban J connectivity index is 2.52. The van der Waals surface area contributed by atoms with Crippen molar-refractivity contribution in [3.05, 3.63) is 29.3 Å². The molecule has 0 radical (unpaired) electrons. The van der Waals surface area contributed by atoms with Crippen LogP contribution in [0.1, 0.15) is 12.8 Å². The third-order valence-electron chi connectivity index (χ3n) is 3.50. The van der Waals surface area contributed by atoms with Crippen molar-refractivity contribution < 1.29 is 22.7 Å². The van der Waals surface area contributed by atoms with Gasteiger partial charge in [0, 0.05) is 31.1 Å². The topological polar surface area (TPSA) is 69.7 Å². The molecule has 1 saturated heterocycles. The van der Waals surface area contributed by atoms with E-state index in [1.165, 1.54) is 31.4 Å². The Morgan fingerprint density at radius 2 is 1.80 bits per heavy atom. The second-order valence-corrected chi connectivity index (χ2v) is 7.25. The van der Waals surface area contributed by atoms with Gasteiger partial charge >= 0.3 is 5.97 Å². The van der Waals surface area contributed by atoms with Gasteiger partial charge in [-0.2, -0.15) is 0 Å². The van der Waals surface area contributed by atoms with Gasteiger partial charge in [-0.05, 0) is 24.3 Å². The SMILES string of the molecule is COC(=O)C1(S(=O)(=O)c2ccc(Cl)cc2)CCOCC1. The average molecular weight is 319 g/mol. The van der Waals surface area contributed by atoms with E-state index in [0.29, 0.717) is 5.02 Å². The number of carbonyl (C=O) groups is 1. The fourth-order valence-corrected chi connectivity index (χ4v) is 4.39. The molecular weight excluding hydrogens is 304 g/mol. The number of esters is 1. The van der Waals surface area contributed by atoms with Crippen molar-refractivity contribution >= 4 is 27.4 Å². The molecule has 1 aromatic carbocycles. The number of hydrogen-bond acceptors (Lipinski definition) is 5. The van der Waals surface area contributed by atoms with Crippen LogP contribution < -0.4 is 0 Å². The summed E-state index contributed by atoms with van der Waals surface area (Å²) in [7, 11) is -2.67. The van der Waals surface area contributed by atoms with Gasteiger partial charge in [0.2, 0.25) is 0 Å². The van der Waals surface area contributed by atoms with Gasteiger partial charge in [0.25, 0.3) is 0 Å². The van der Waals surface area contributed by atoms with E-state index in [-0.39, 0.29) is 31.0 Å². The molecule has 0 amide bonds. The molecule has 20 heavy (non-hydrogen) atoms. The molecule has 110 valence electrons. The van der Waals surface area contributed by atoms with Crippen molar-refractivity contribution in [2.45, 2.75) is 22.5 Å². The molecule has 0 atom stereocenters. The average Bonchev–Trinajstić information content (AvgIpc) is 2.47. The first-order chi connectivity index (χ1) is 9.44. The zero-order valence-electron chi connectivity index (χ0n) is 11.0. The molecule has 0 unspecified atom stereocenters. The lowest BCUT2D eigenvalue weighted by atomic mass is 9.99. The predicted octanol–water partition coefficient (Wildman–Crippen LogP) is 1.84. The molecule has 7 heteroatoms. The number of hydrogen-bond donors (Lipinski definition) is 0. The minimum Gasteiger partial charge on any atom is -0.468 e. The number of rotatable bonds is 3. The highest BCUT2D eigenvalue weighted by Gasteiger charge is 2.53. The maximum atomic E-state index is 12.8. The summed E-state index contributed by atoms with van der Waals surface area (Å²) in [4.78, 5) is 12.2. The summed E-state index contributed by atoms with van der Waals surface area (Å²) in [6.07, 6.45) is 0.176. The van der Waals surface area contributed by atoms with Crippen LogP contribution in [0.25, 0.3) is 0 Å². The summed E-state index contributed by atoms with van der Waals surface area (Å²) in [5.41, 5.74) is 0. The molecule has 0 bridgehead atoms. The van der Waals surface area contributed by atoms with Crippen molar-refractivity contribution in [3.63, 3.8) is 0 Å². The van der Waals surface area contributed by atoms with Gasteiger partial charge in [-0.25, -0.2) is 8.42 Å². The van der Waals surface area contributed by atoms with Crippen molar-refractivity contribution in [3.8, 4) is 0 Å². The van der Waals surface area contributed by atoms with Gasteiger partial charge < -0.3 is 9.47 Å². The lowest BCUT2D eigenvalue weighted by Gasteiger charge is -2.33. The highest BCUT2D eigenvalue weighted by atomic mass is 35.5. The minimum absolute atomic E-state index is 0.0641. The molecule has 0 saturated carbocycles. The fraction of sp³-hybridized carbons (Fsp3) is 0.462. The Hall–Kier alpha value is -1.11. The minimum atomic E-state index is -3.86. The third-order valence-corrected chi connectivity index (χ3v) is 6.24. The van der Waals surface area contributed by atoms with Gasteiger partial charge in [0.15, 0.2) is 14.6 Å². The van der Waals surface area contributed by atoms with Crippen LogP contribution in [0, 0.1) is 0 Å². The normalized spacial score (nSPS) is 18.5. The summed E-state index contributed by atoms with van der Waals surface area (Å²) in [5.74, 6) is -0.740. The third kappa shape index (κ3) is 2.43. The van der Waals surface area contributed by atoms with Crippen molar-refractivity contribution in [1.29, 1.82) is 0 Å². The van der Waals surface area contributed by atoms with E-state index in [2.05, 4.69) is 0 Å². The Bertz CT molecular complexity index is 588. The first kappa shape index (κ1) is 15.3. The first-order valence-electron chi connectivity index (χ1n) is 6.10. The monoisotopic (exact) mass is 318 g/mol. The van der Waals surface area contributed by atoms with Crippen LogP contribution in [0.3, 0.4) is 0 Å². The number of halogens is 1. The van der Waals surface area contributed by atoms with Gasteiger partial charge in [0.05, 0.1) is 12.0 Å². The zero-order valence-corrected chi connectivity index (χ0v) is 12.5. The first-order valence-corrected chi connectivity index (χ1v) is 7.96. The molecule has 1 aliphatic rings. The fourth-order valence-electron chi connectivity index (χ4n) is 2.31. The van der Waals surface area contributed by atoms with Crippen LogP contribution >= 0.6 is 11.6 Å². The van der Waals surface area contributed by atoms with Crippen LogP contribution in [0.5, 0.6) is 0 Å². The molecule has 1 aromatic rings. The zero-order chi connectivity index (χ0) is 14.8. The standard InChI is InChI=1S/C13H15ClO5S/c1-18-12(15)13(6-8-19-9-7-13)20(16,17)11-4-2-10(14)3-5-11/h2-5H,6-9H2,1H3. The molecule has 0 spiro atoms. The molecule has 0 N–H and O–H groups in total. The van der Waals surface area contributed by atoms with E-state index in [1.807, 2.05) is 0 Å². The summed E-state index contributed by atoms with van der Waals surface area (Å²) in [5, 5.41) is 0.433. The molecule has 1 aliphatic heterocycles. The number of ether oxygens (including phenoxy) is 2. The molecule has 5 nitrogen and oxygen atoms in total. The molecular formula is C13H15ClO5S. The van der Waals surface area contributed by atoms with E-state index in [0.717, 1.165) is 0 Å².